The molecule has 0 atom stereocenters. The molecule has 0 aliphatic rings. The van der Waals surface area contributed by atoms with Crippen molar-refractivity contribution in [2.75, 3.05) is 5.32 Å². The predicted molar refractivity (Wildman–Crippen MR) is 65.8 cm³/mol. The van der Waals surface area contributed by atoms with E-state index in [2.05, 4.69) is 10.5 Å². The summed E-state index contributed by atoms with van der Waals surface area (Å²) in [5.41, 5.74) is -0.979. The molecule has 19 heavy (non-hydrogen) atoms. The monoisotopic (exact) mass is 264 g/mol. The molecule has 2 heterocycles. The molecular weight excluding hydrogens is 252 g/mol. The van der Waals surface area contributed by atoms with E-state index >= 15 is 0 Å². The highest BCUT2D eigenvalue weighted by molar-refractivity contribution is 5.89. The van der Waals surface area contributed by atoms with Crippen molar-refractivity contribution < 1.29 is 9.32 Å². The van der Waals surface area contributed by atoms with E-state index in [1.165, 1.54) is 19.3 Å². The second-order valence-electron chi connectivity index (χ2n) is 3.99. The first kappa shape index (κ1) is 12.8. The average molecular weight is 264 g/mol. The van der Waals surface area contributed by atoms with E-state index < -0.39 is 17.2 Å². The number of hydrogen-bond donors (Lipinski definition) is 1. The summed E-state index contributed by atoms with van der Waals surface area (Å²) in [4.78, 5) is 34.6. The minimum Gasteiger partial charge on any atom is -0.360 e. The van der Waals surface area contributed by atoms with Crippen molar-refractivity contribution in [1.29, 1.82) is 0 Å². The molecule has 100 valence electrons. The summed E-state index contributed by atoms with van der Waals surface area (Å²) in [6, 6.07) is 2.77. The van der Waals surface area contributed by atoms with Gasteiger partial charge in [0.25, 0.3) is 5.56 Å². The van der Waals surface area contributed by atoms with Gasteiger partial charge in [-0.2, -0.15) is 0 Å². The Hall–Kier alpha value is -2.64. The molecule has 0 saturated heterocycles. The molecule has 0 spiro atoms. The van der Waals surface area contributed by atoms with Crippen molar-refractivity contribution in [3.05, 3.63) is 44.9 Å². The van der Waals surface area contributed by atoms with Gasteiger partial charge in [0.1, 0.15) is 12.3 Å². The Balaban J connectivity index is 2.14. The molecule has 8 heteroatoms. The quantitative estimate of drug-likeness (QED) is 0.804. The third-order valence-electron chi connectivity index (χ3n) is 2.47. The number of rotatable bonds is 3. The summed E-state index contributed by atoms with van der Waals surface area (Å²) in [5.74, 6) is 0.406. The SMILES string of the molecule is Cc1cc(NC(=O)Cn2ccc(=O)n(C)c2=O)no1. The highest BCUT2D eigenvalue weighted by Crippen LogP contribution is 2.06. The van der Waals surface area contributed by atoms with Gasteiger partial charge < -0.3 is 9.84 Å². The van der Waals surface area contributed by atoms with Gasteiger partial charge in [-0.3, -0.25) is 18.7 Å². The number of carbonyl (C=O) groups is 1. The minimum absolute atomic E-state index is 0.209. The van der Waals surface area contributed by atoms with Crippen LogP contribution in [0, 0.1) is 6.92 Å². The summed E-state index contributed by atoms with van der Waals surface area (Å²) in [7, 11) is 1.35. The molecule has 0 aliphatic carbocycles. The van der Waals surface area contributed by atoms with Crippen LogP contribution in [0.4, 0.5) is 5.82 Å². The maximum absolute atomic E-state index is 11.7. The lowest BCUT2D eigenvalue weighted by molar-refractivity contribution is -0.116. The zero-order chi connectivity index (χ0) is 14.0. The highest BCUT2D eigenvalue weighted by atomic mass is 16.5. The van der Waals surface area contributed by atoms with Gasteiger partial charge in [-0.15, -0.1) is 0 Å². The van der Waals surface area contributed by atoms with Crippen molar-refractivity contribution in [3.8, 4) is 0 Å². The fourth-order valence-corrected chi connectivity index (χ4v) is 1.50. The second-order valence-corrected chi connectivity index (χ2v) is 3.99. The van der Waals surface area contributed by atoms with E-state index in [0.29, 0.717) is 5.76 Å². The molecule has 0 aliphatic heterocycles. The summed E-state index contributed by atoms with van der Waals surface area (Å²) in [6.45, 7) is 1.49. The number of hydrogen-bond acceptors (Lipinski definition) is 5. The summed E-state index contributed by atoms with van der Waals surface area (Å²) in [5, 5.41) is 6.08. The van der Waals surface area contributed by atoms with Gasteiger partial charge in [0.05, 0.1) is 0 Å². The Morgan fingerprint density at radius 3 is 2.84 bits per heavy atom. The van der Waals surface area contributed by atoms with Crippen molar-refractivity contribution >= 4 is 11.7 Å². The van der Waals surface area contributed by atoms with Gasteiger partial charge in [0, 0.05) is 25.4 Å². The zero-order valence-electron chi connectivity index (χ0n) is 10.4. The maximum Gasteiger partial charge on any atom is 0.331 e. The fourth-order valence-electron chi connectivity index (χ4n) is 1.50. The highest BCUT2D eigenvalue weighted by Gasteiger charge is 2.09. The van der Waals surface area contributed by atoms with E-state index in [-0.39, 0.29) is 12.4 Å². The van der Waals surface area contributed by atoms with Gasteiger partial charge in [-0.1, -0.05) is 5.16 Å². The standard InChI is InChI=1S/C11H12N4O4/c1-7-5-8(13-19-7)12-9(16)6-15-4-3-10(17)14(2)11(15)18/h3-5H,6H2,1-2H3,(H,12,13,16). The molecule has 8 nitrogen and oxygen atoms in total. The smallest absolute Gasteiger partial charge is 0.331 e. The normalized spacial score (nSPS) is 10.4. The molecular formula is C11H12N4O4. The van der Waals surface area contributed by atoms with Gasteiger partial charge in [-0.25, -0.2) is 4.79 Å². The first-order valence-corrected chi connectivity index (χ1v) is 5.47. The summed E-state index contributed by atoms with van der Waals surface area (Å²) < 4.78 is 6.85. The molecule has 2 aromatic rings. The van der Waals surface area contributed by atoms with Crippen LogP contribution in [0.25, 0.3) is 0 Å². The zero-order valence-corrected chi connectivity index (χ0v) is 10.4. The van der Waals surface area contributed by atoms with Crippen molar-refractivity contribution in [3.63, 3.8) is 0 Å². The van der Waals surface area contributed by atoms with Crippen LogP contribution in [0.3, 0.4) is 0 Å². The molecule has 1 N–H and O–H groups in total. The average Bonchev–Trinajstić information content (AvgIpc) is 2.75. The van der Waals surface area contributed by atoms with Crippen LogP contribution < -0.4 is 16.6 Å². The molecule has 0 unspecified atom stereocenters. The molecule has 2 aromatic heterocycles. The number of amides is 1. The first-order chi connectivity index (χ1) is 8.97. The number of nitrogens with one attached hydrogen (secondary N) is 1. The third-order valence-corrected chi connectivity index (χ3v) is 2.47. The second kappa shape index (κ2) is 4.92. The molecule has 0 saturated carbocycles. The molecule has 2 rings (SSSR count). The van der Waals surface area contributed by atoms with Crippen molar-refractivity contribution in [2.24, 2.45) is 7.05 Å². The Morgan fingerprint density at radius 2 is 2.21 bits per heavy atom. The van der Waals surface area contributed by atoms with E-state index in [1.54, 1.807) is 13.0 Å². The lowest BCUT2D eigenvalue weighted by Gasteiger charge is -2.06. The van der Waals surface area contributed by atoms with Gasteiger partial charge in [-0.05, 0) is 6.92 Å². The Labute approximate surface area is 107 Å². The number of carbonyl (C=O) groups excluding carboxylic acids is 1. The Kier molecular flexibility index (Phi) is 3.32. The number of aryl methyl sites for hydroxylation is 1. The van der Waals surface area contributed by atoms with Crippen molar-refractivity contribution in [2.45, 2.75) is 13.5 Å². The molecule has 1 amide bonds. The first-order valence-electron chi connectivity index (χ1n) is 5.47. The minimum atomic E-state index is -0.556. The van der Waals surface area contributed by atoms with E-state index in [0.717, 1.165) is 9.13 Å². The van der Waals surface area contributed by atoms with Crippen LogP contribution in [0.15, 0.2) is 32.4 Å². The largest absolute Gasteiger partial charge is 0.360 e. The van der Waals surface area contributed by atoms with Crippen LogP contribution in [0.5, 0.6) is 0 Å². The summed E-state index contributed by atoms with van der Waals surface area (Å²) >= 11 is 0. The van der Waals surface area contributed by atoms with Crippen LogP contribution in [0.1, 0.15) is 5.76 Å². The maximum atomic E-state index is 11.7. The fraction of sp³-hybridized carbons (Fsp3) is 0.273. The molecule has 0 bridgehead atoms. The number of nitrogens with zero attached hydrogens (tertiary/aromatic N) is 3. The van der Waals surface area contributed by atoms with E-state index in [4.69, 9.17) is 4.52 Å². The van der Waals surface area contributed by atoms with Gasteiger partial charge in [0.2, 0.25) is 5.91 Å². The molecule has 0 radical (unpaired) electrons. The Morgan fingerprint density at radius 1 is 1.47 bits per heavy atom. The topological polar surface area (TPSA) is 99.1 Å². The van der Waals surface area contributed by atoms with Gasteiger partial charge in [0.15, 0.2) is 5.82 Å². The van der Waals surface area contributed by atoms with Crippen molar-refractivity contribution in [1.82, 2.24) is 14.3 Å². The molecule has 0 fully saturated rings. The lowest BCUT2D eigenvalue weighted by atomic mass is 10.4. The van der Waals surface area contributed by atoms with Crippen LogP contribution in [-0.2, 0) is 18.4 Å². The number of aromatic nitrogens is 3. The van der Waals surface area contributed by atoms with Gasteiger partial charge >= 0.3 is 5.69 Å². The lowest BCUT2D eigenvalue weighted by Crippen LogP contribution is -2.38. The number of anilines is 1. The molecule has 0 aromatic carbocycles. The predicted octanol–water partition coefficient (Wildman–Crippen LogP) is -0.518. The summed E-state index contributed by atoms with van der Waals surface area (Å²) in [6.07, 6.45) is 1.28. The van der Waals surface area contributed by atoms with E-state index in [9.17, 15) is 14.4 Å². The third kappa shape index (κ3) is 2.79. The van der Waals surface area contributed by atoms with Crippen LogP contribution >= 0.6 is 0 Å². The van der Waals surface area contributed by atoms with E-state index in [1.807, 2.05) is 0 Å². The Bertz CT molecular complexity index is 725. The van der Waals surface area contributed by atoms with Crippen LogP contribution in [-0.4, -0.2) is 20.2 Å². The van der Waals surface area contributed by atoms with Crippen LogP contribution in [0.2, 0.25) is 0 Å².